The van der Waals surface area contributed by atoms with Crippen LogP contribution in [-0.2, 0) is 15.0 Å². The van der Waals surface area contributed by atoms with E-state index in [2.05, 4.69) is 0 Å². The van der Waals surface area contributed by atoms with Crippen LogP contribution in [0.1, 0.15) is 31.7 Å². The molecule has 1 heterocycles. The Bertz CT molecular complexity index is 600. The van der Waals surface area contributed by atoms with Gasteiger partial charge in [0.15, 0.2) is 0 Å². The third-order valence-electron chi connectivity index (χ3n) is 4.73. The lowest BCUT2D eigenvalue weighted by Crippen LogP contribution is -2.39. The Balaban J connectivity index is 1.81. The van der Waals surface area contributed by atoms with Crippen LogP contribution in [0, 0.1) is 5.92 Å². The monoisotopic (exact) mass is 303 g/mol. The molecule has 0 unspecified atom stereocenters. The molecular formula is C17H21NO4. The van der Waals surface area contributed by atoms with Gasteiger partial charge in [0.1, 0.15) is 12.3 Å². The molecule has 1 fully saturated rings. The van der Waals surface area contributed by atoms with E-state index in [0.717, 1.165) is 30.6 Å². The van der Waals surface area contributed by atoms with E-state index in [1.807, 2.05) is 31.2 Å². The Morgan fingerprint density at radius 2 is 2.18 bits per heavy atom. The summed E-state index contributed by atoms with van der Waals surface area (Å²) in [6, 6.07) is 7.88. The largest absolute Gasteiger partial charge is 0.493 e. The van der Waals surface area contributed by atoms with Crippen molar-refractivity contribution in [1.29, 1.82) is 0 Å². The smallest absolute Gasteiger partial charge is 0.323 e. The lowest BCUT2D eigenvalue weighted by Gasteiger charge is -2.28. The Morgan fingerprint density at radius 3 is 2.91 bits per heavy atom. The topological polar surface area (TPSA) is 66.8 Å². The van der Waals surface area contributed by atoms with Crippen molar-refractivity contribution in [2.45, 2.75) is 31.6 Å². The molecule has 5 heteroatoms. The van der Waals surface area contributed by atoms with Gasteiger partial charge in [0.25, 0.3) is 0 Å². The minimum Gasteiger partial charge on any atom is -0.493 e. The van der Waals surface area contributed by atoms with Crippen LogP contribution in [0.3, 0.4) is 0 Å². The minimum absolute atomic E-state index is 0.0269. The Kier molecular flexibility index (Phi) is 3.81. The molecule has 5 nitrogen and oxygen atoms in total. The van der Waals surface area contributed by atoms with Crippen LogP contribution in [0.5, 0.6) is 5.75 Å². The average Bonchev–Trinajstić information content (AvgIpc) is 3.21. The molecule has 118 valence electrons. The highest BCUT2D eigenvalue weighted by atomic mass is 16.5. The summed E-state index contributed by atoms with van der Waals surface area (Å²) in [5.41, 5.74) is 0.961. The average molecular weight is 303 g/mol. The number of aliphatic carboxylic acids is 1. The number of para-hydroxylation sites is 1. The second-order valence-corrected chi connectivity index (χ2v) is 6.16. The summed E-state index contributed by atoms with van der Waals surface area (Å²) >= 11 is 0. The molecule has 0 radical (unpaired) electrons. The maximum Gasteiger partial charge on any atom is 0.323 e. The van der Waals surface area contributed by atoms with Gasteiger partial charge in [-0.25, -0.2) is 0 Å². The van der Waals surface area contributed by atoms with Gasteiger partial charge >= 0.3 is 5.97 Å². The highest BCUT2D eigenvalue weighted by molar-refractivity contribution is 5.87. The molecular weight excluding hydrogens is 282 g/mol. The SMILES string of the molecule is CCCN(CC(=O)O)C(=O)[C@@H]1C[C@]12CCOc1ccccc12. The van der Waals surface area contributed by atoms with Gasteiger partial charge in [0.05, 0.1) is 6.61 Å². The standard InChI is InChI=1S/C17H21NO4/c1-2-8-18(11-15(19)20)16(21)13-10-17(13)7-9-22-14-6-4-3-5-12(14)17/h3-6,13H,2,7-11H2,1H3,(H,19,20)/t13-,17-/m0/s1. The zero-order valence-corrected chi connectivity index (χ0v) is 12.7. The van der Waals surface area contributed by atoms with Gasteiger partial charge in [-0.15, -0.1) is 0 Å². The van der Waals surface area contributed by atoms with E-state index >= 15 is 0 Å². The number of amides is 1. The molecule has 2 atom stereocenters. The molecule has 1 spiro atoms. The zero-order chi connectivity index (χ0) is 15.7. The molecule has 22 heavy (non-hydrogen) atoms. The molecule has 1 amide bonds. The van der Waals surface area contributed by atoms with Gasteiger partial charge in [-0.1, -0.05) is 25.1 Å². The second kappa shape index (κ2) is 5.63. The highest BCUT2D eigenvalue weighted by Gasteiger charge is 2.61. The number of ether oxygens (including phenoxy) is 1. The van der Waals surface area contributed by atoms with Crippen molar-refractivity contribution in [3.63, 3.8) is 0 Å². The predicted molar refractivity (Wildman–Crippen MR) is 80.8 cm³/mol. The molecule has 3 rings (SSSR count). The maximum absolute atomic E-state index is 12.7. The van der Waals surface area contributed by atoms with E-state index in [1.165, 1.54) is 4.90 Å². The van der Waals surface area contributed by atoms with Crippen molar-refractivity contribution in [2.75, 3.05) is 19.7 Å². The van der Waals surface area contributed by atoms with E-state index in [9.17, 15) is 9.59 Å². The van der Waals surface area contributed by atoms with Crippen LogP contribution in [0.15, 0.2) is 24.3 Å². The summed E-state index contributed by atoms with van der Waals surface area (Å²) < 4.78 is 5.68. The fraction of sp³-hybridized carbons (Fsp3) is 0.529. The molecule has 1 aromatic rings. The first-order valence-electron chi connectivity index (χ1n) is 7.81. The first-order valence-corrected chi connectivity index (χ1v) is 7.81. The van der Waals surface area contributed by atoms with Crippen LogP contribution in [0.2, 0.25) is 0 Å². The molecule has 2 aliphatic rings. The quantitative estimate of drug-likeness (QED) is 0.904. The number of carbonyl (C=O) groups is 2. The maximum atomic E-state index is 12.7. The molecule has 1 aromatic carbocycles. The van der Waals surface area contributed by atoms with Gasteiger partial charge in [-0.05, 0) is 25.3 Å². The fourth-order valence-electron chi connectivity index (χ4n) is 3.61. The van der Waals surface area contributed by atoms with Crippen LogP contribution in [-0.4, -0.2) is 41.6 Å². The van der Waals surface area contributed by atoms with Crippen LogP contribution in [0.25, 0.3) is 0 Å². The van der Waals surface area contributed by atoms with Gasteiger partial charge in [-0.2, -0.15) is 0 Å². The van der Waals surface area contributed by atoms with Gasteiger partial charge in [0, 0.05) is 23.4 Å². The molecule has 0 bridgehead atoms. The van der Waals surface area contributed by atoms with E-state index in [4.69, 9.17) is 9.84 Å². The number of carboxylic acid groups (broad SMARTS) is 1. The molecule has 1 N–H and O–H groups in total. The van der Waals surface area contributed by atoms with Crippen LogP contribution < -0.4 is 4.74 Å². The number of hydrogen-bond acceptors (Lipinski definition) is 3. The van der Waals surface area contributed by atoms with Crippen molar-refractivity contribution in [3.05, 3.63) is 29.8 Å². The van der Waals surface area contributed by atoms with Crippen molar-refractivity contribution in [3.8, 4) is 5.75 Å². The first kappa shape index (κ1) is 14.9. The number of hydrogen-bond donors (Lipinski definition) is 1. The number of nitrogens with zero attached hydrogens (tertiary/aromatic N) is 1. The number of carboxylic acids is 1. The molecule has 1 aliphatic heterocycles. The fourth-order valence-corrected chi connectivity index (χ4v) is 3.61. The number of benzene rings is 1. The van der Waals surface area contributed by atoms with Gasteiger partial charge in [-0.3, -0.25) is 9.59 Å². The highest BCUT2D eigenvalue weighted by Crippen LogP contribution is 2.61. The van der Waals surface area contributed by atoms with E-state index in [-0.39, 0.29) is 23.8 Å². The lowest BCUT2D eigenvalue weighted by molar-refractivity contribution is -0.145. The van der Waals surface area contributed by atoms with Crippen molar-refractivity contribution in [2.24, 2.45) is 5.92 Å². The first-order chi connectivity index (χ1) is 10.6. The van der Waals surface area contributed by atoms with Crippen LogP contribution >= 0.6 is 0 Å². The molecule has 0 saturated heterocycles. The molecule has 1 aliphatic carbocycles. The van der Waals surface area contributed by atoms with Crippen molar-refractivity contribution >= 4 is 11.9 Å². The summed E-state index contributed by atoms with van der Waals surface area (Å²) in [4.78, 5) is 25.2. The van der Waals surface area contributed by atoms with E-state index < -0.39 is 5.97 Å². The van der Waals surface area contributed by atoms with Crippen molar-refractivity contribution in [1.82, 2.24) is 4.90 Å². The summed E-state index contributed by atoms with van der Waals surface area (Å²) in [7, 11) is 0. The zero-order valence-electron chi connectivity index (χ0n) is 12.7. The van der Waals surface area contributed by atoms with Gasteiger partial charge in [0.2, 0.25) is 5.91 Å². The lowest BCUT2D eigenvalue weighted by atomic mass is 9.87. The molecule has 1 saturated carbocycles. The van der Waals surface area contributed by atoms with Crippen molar-refractivity contribution < 1.29 is 19.4 Å². The minimum atomic E-state index is -0.955. The summed E-state index contributed by atoms with van der Waals surface area (Å²) in [6.07, 6.45) is 2.39. The summed E-state index contributed by atoms with van der Waals surface area (Å²) in [5, 5.41) is 9.01. The van der Waals surface area contributed by atoms with E-state index in [1.54, 1.807) is 0 Å². The van der Waals surface area contributed by atoms with Gasteiger partial charge < -0.3 is 14.7 Å². The number of carbonyl (C=O) groups excluding carboxylic acids is 1. The normalized spacial score (nSPS) is 25.2. The number of fused-ring (bicyclic) bond motifs is 2. The Labute approximate surface area is 129 Å². The van der Waals surface area contributed by atoms with E-state index in [0.29, 0.717) is 13.2 Å². The second-order valence-electron chi connectivity index (χ2n) is 6.16. The Morgan fingerprint density at radius 1 is 1.41 bits per heavy atom. The summed E-state index contributed by atoms with van der Waals surface area (Å²) in [5.74, 6) is -0.224. The predicted octanol–water partition coefficient (Wildman–Crippen LogP) is 2.05. The van der Waals surface area contributed by atoms with Crippen LogP contribution in [0.4, 0.5) is 0 Å². The number of rotatable bonds is 5. The Hall–Kier alpha value is -2.04. The third-order valence-corrected chi connectivity index (χ3v) is 4.73. The molecule has 0 aromatic heterocycles. The summed E-state index contributed by atoms with van der Waals surface area (Å²) in [6.45, 7) is 2.86. The third kappa shape index (κ3) is 2.45.